The Labute approximate surface area is 166 Å². The SMILES string of the molecule is CN=C(NCC(=O)N1CCCCC1)NC(C)Cc1ccc(C)s1.I. The third-order valence-corrected chi connectivity index (χ3v) is 5.05. The summed E-state index contributed by atoms with van der Waals surface area (Å²) in [5.74, 6) is 0.852. The topological polar surface area (TPSA) is 56.7 Å². The molecule has 136 valence electrons. The maximum atomic E-state index is 12.2. The van der Waals surface area contributed by atoms with Crippen molar-refractivity contribution in [2.45, 2.75) is 45.6 Å². The highest BCUT2D eigenvalue weighted by Crippen LogP contribution is 2.16. The summed E-state index contributed by atoms with van der Waals surface area (Å²) in [5.41, 5.74) is 0. The van der Waals surface area contributed by atoms with Gasteiger partial charge in [0.25, 0.3) is 0 Å². The summed E-state index contributed by atoms with van der Waals surface area (Å²) < 4.78 is 0. The molecule has 0 bridgehead atoms. The van der Waals surface area contributed by atoms with Gasteiger partial charge in [0.05, 0.1) is 6.54 Å². The highest BCUT2D eigenvalue weighted by molar-refractivity contribution is 14.0. The molecule has 1 aliphatic rings. The molecular weight excluding hydrogens is 435 g/mol. The molecule has 2 N–H and O–H groups in total. The second-order valence-electron chi connectivity index (χ2n) is 6.13. The summed E-state index contributed by atoms with van der Waals surface area (Å²) >= 11 is 1.83. The van der Waals surface area contributed by atoms with Crippen LogP contribution < -0.4 is 10.6 Å². The van der Waals surface area contributed by atoms with E-state index in [1.807, 2.05) is 16.2 Å². The Balaban J connectivity index is 0.00000288. The van der Waals surface area contributed by atoms with Crippen molar-refractivity contribution in [1.82, 2.24) is 15.5 Å². The van der Waals surface area contributed by atoms with Crippen LogP contribution in [0.25, 0.3) is 0 Å². The fourth-order valence-corrected chi connectivity index (χ4v) is 3.81. The lowest BCUT2D eigenvalue weighted by atomic mass is 10.1. The Hall–Kier alpha value is -0.830. The molecular formula is C17H29IN4OS. The zero-order chi connectivity index (χ0) is 16.7. The van der Waals surface area contributed by atoms with Crippen molar-refractivity contribution in [1.29, 1.82) is 0 Å². The quantitative estimate of drug-likeness (QED) is 0.401. The van der Waals surface area contributed by atoms with Gasteiger partial charge in [-0.1, -0.05) is 0 Å². The first-order valence-corrected chi connectivity index (χ1v) is 9.20. The van der Waals surface area contributed by atoms with Crippen LogP contribution in [0.15, 0.2) is 17.1 Å². The number of likely N-dealkylation sites (tertiary alicyclic amines) is 1. The van der Waals surface area contributed by atoms with Gasteiger partial charge in [-0.2, -0.15) is 0 Å². The largest absolute Gasteiger partial charge is 0.354 e. The lowest BCUT2D eigenvalue weighted by Gasteiger charge is -2.27. The monoisotopic (exact) mass is 464 g/mol. The minimum absolute atomic E-state index is 0. The van der Waals surface area contributed by atoms with Crippen molar-refractivity contribution in [2.24, 2.45) is 4.99 Å². The highest BCUT2D eigenvalue weighted by Gasteiger charge is 2.16. The average Bonchev–Trinajstić information content (AvgIpc) is 2.96. The van der Waals surface area contributed by atoms with E-state index in [2.05, 4.69) is 41.6 Å². The summed E-state index contributed by atoms with van der Waals surface area (Å²) in [4.78, 5) is 21.0. The second-order valence-corrected chi connectivity index (χ2v) is 7.50. The Morgan fingerprint density at radius 2 is 2.04 bits per heavy atom. The molecule has 1 saturated heterocycles. The molecule has 1 aromatic rings. The minimum Gasteiger partial charge on any atom is -0.354 e. The number of amides is 1. The molecule has 2 rings (SSSR count). The molecule has 0 saturated carbocycles. The first-order chi connectivity index (χ1) is 11.1. The van der Waals surface area contributed by atoms with Crippen LogP contribution in [0.1, 0.15) is 35.9 Å². The van der Waals surface area contributed by atoms with E-state index >= 15 is 0 Å². The van der Waals surface area contributed by atoms with Gasteiger partial charge < -0.3 is 15.5 Å². The summed E-state index contributed by atoms with van der Waals surface area (Å²) in [6, 6.07) is 4.59. The van der Waals surface area contributed by atoms with Crippen LogP contribution in [0.5, 0.6) is 0 Å². The maximum absolute atomic E-state index is 12.2. The van der Waals surface area contributed by atoms with Crippen LogP contribution in [0, 0.1) is 6.92 Å². The molecule has 1 fully saturated rings. The normalized spacial score (nSPS) is 16.3. The summed E-state index contributed by atoms with van der Waals surface area (Å²) in [6.45, 7) is 6.35. The first-order valence-electron chi connectivity index (χ1n) is 8.38. The second kappa shape index (κ2) is 10.9. The van der Waals surface area contributed by atoms with E-state index in [0.29, 0.717) is 12.5 Å². The van der Waals surface area contributed by atoms with Crippen LogP contribution >= 0.6 is 35.3 Å². The Bertz CT molecular complexity index is 540. The highest BCUT2D eigenvalue weighted by atomic mass is 127. The molecule has 5 nitrogen and oxygen atoms in total. The third kappa shape index (κ3) is 6.96. The predicted molar refractivity (Wildman–Crippen MR) is 113 cm³/mol. The maximum Gasteiger partial charge on any atom is 0.241 e. The predicted octanol–water partition coefficient (Wildman–Crippen LogP) is 2.78. The number of carbonyl (C=O) groups excluding carboxylic acids is 1. The molecule has 7 heteroatoms. The molecule has 2 heterocycles. The van der Waals surface area contributed by atoms with Crippen molar-refractivity contribution in [2.75, 3.05) is 26.7 Å². The Kier molecular flexibility index (Phi) is 9.65. The van der Waals surface area contributed by atoms with E-state index in [1.165, 1.54) is 16.2 Å². The van der Waals surface area contributed by atoms with Crippen molar-refractivity contribution < 1.29 is 4.79 Å². The van der Waals surface area contributed by atoms with E-state index in [9.17, 15) is 4.79 Å². The standard InChI is InChI=1S/C17H28N4OS.HI/c1-13(11-15-8-7-14(2)23-15)20-17(18-3)19-12-16(22)21-9-5-4-6-10-21;/h7-8,13H,4-6,9-12H2,1-3H3,(H2,18,19,20);1H. The molecule has 0 spiro atoms. The number of thiophene rings is 1. The molecule has 0 aliphatic carbocycles. The van der Waals surface area contributed by atoms with E-state index in [0.717, 1.165) is 32.4 Å². The third-order valence-electron chi connectivity index (χ3n) is 4.03. The van der Waals surface area contributed by atoms with Gasteiger partial charge in [-0.25, -0.2) is 0 Å². The lowest BCUT2D eigenvalue weighted by molar-refractivity contribution is -0.130. The number of hydrogen-bond acceptors (Lipinski definition) is 3. The van der Waals surface area contributed by atoms with E-state index in [4.69, 9.17) is 0 Å². The van der Waals surface area contributed by atoms with Gasteiger partial charge in [0.2, 0.25) is 5.91 Å². The van der Waals surface area contributed by atoms with Crippen LogP contribution in [-0.4, -0.2) is 49.5 Å². The smallest absolute Gasteiger partial charge is 0.241 e. The van der Waals surface area contributed by atoms with Gasteiger partial charge in [0.1, 0.15) is 0 Å². The van der Waals surface area contributed by atoms with Gasteiger partial charge in [-0.3, -0.25) is 9.79 Å². The Morgan fingerprint density at radius 3 is 2.62 bits per heavy atom. The minimum atomic E-state index is 0. The fourth-order valence-electron chi connectivity index (χ4n) is 2.79. The number of guanidine groups is 1. The van der Waals surface area contributed by atoms with E-state index in [1.54, 1.807) is 7.05 Å². The summed E-state index contributed by atoms with van der Waals surface area (Å²) in [7, 11) is 1.74. The number of halogens is 1. The molecule has 1 amide bonds. The van der Waals surface area contributed by atoms with Crippen LogP contribution in [-0.2, 0) is 11.2 Å². The van der Waals surface area contributed by atoms with E-state index < -0.39 is 0 Å². The molecule has 0 aromatic carbocycles. The van der Waals surface area contributed by atoms with E-state index in [-0.39, 0.29) is 35.9 Å². The van der Waals surface area contributed by atoms with Gasteiger partial charge in [-0.15, -0.1) is 35.3 Å². The van der Waals surface area contributed by atoms with Crippen LogP contribution in [0.4, 0.5) is 0 Å². The number of rotatable bonds is 5. The number of carbonyl (C=O) groups is 1. The zero-order valence-corrected chi connectivity index (χ0v) is 17.9. The fraction of sp³-hybridized carbons (Fsp3) is 0.647. The molecule has 1 aliphatic heterocycles. The zero-order valence-electron chi connectivity index (χ0n) is 14.8. The van der Waals surface area contributed by atoms with Crippen molar-refractivity contribution in [3.8, 4) is 0 Å². The number of aryl methyl sites for hydroxylation is 1. The number of nitrogens with zero attached hydrogens (tertiary/aromatic N) is 2. The molecule has 1 atom stereocenters. The van der Waals surface area contributed by atoms with Crippen molar-refractivity contribution in [3.05, 3.63) is 21.9 Å². The van der Waals surface area contributed by atoms with Gasteiger partial charge >= 0.3 is 0 Å². The van der Waals surface area contributed by atoms with Gasteiger partial charge in [0, 0.05) is 42.4 Å². The van der Waals surface area contributed by atoms with Crippen molar-refractivity contribution in [3.63, 3.8) is 0 Å². The molecule has 1 unspecified atom stereocenters. The van der Waals surface area contributed by atoms with Crippen LogP contribution in [0.3, 0.4) is 0 Å². The molecule has 1 aromatic heterocycles. The summed E-state index contributed by atoms with van der Waals surface area (Å²) in [5, 5.41) is 6.50. The average molecular weight is 464 g/mol. The lowest BCUT2D eigenvalue weighted by Crippen LogP contribution is -2.48. The summed E-state index contributed by atoms with van der Waals surface area (Å²) in [6.07, 6.45) is 4.44. The molecule has 0 radical (unpaired) electrons. The number of aliphatic imine (C=N–C) groups is 1. The van der Waals surface area contributed by atoms with Crippen molar-refractivity contribution >= 4 is 47.2 Å². The van der Waals surface area contributed by atoms with Gasteiger partial charge in [0.15, 0.2) is 5.96 Å². The number of hydrogen-bond donors (Lipinski definition) is 2. The van der Waals surface area contributed by atoms with Gasteiger partial charge in [-0.05, 0) is 45.2 Å². The first kappa shape index (κ1) is 21.2. The van der Waals surface area contributed by atoms with Crippen LogP contribution in [0.2, 0.25) is 0 Å². The Morgan fingerprint density at radius 1 is 1.33 bits per heavy atom. The number of piperidine rings is 1. The number of nitrogens with one attached hydrogen (secondary N) is 2. The molecule has 24 heavy (non-hydrogen) atoms.